The van der Waals surface area contributed by atoms with Gasteiger partial charge in [0.2, 0.25) is 0 Å². The monoisotopic (exact) mass is 227 g/mol. The average Bonchev–Trinajstić information content (AvgIpc) is 2.38. The van der Waals surface area contributed by atoms with E-state index in [0.29, 0.717) is 23.8 Å². The van der Waals surface area contributed by atoms with Gasteiger partial charge in [-0.05, 0) is 25.6 Å². The van der Waals surface area contributed by atoms with Crippen LogP contribution in [-0.4, -0.2) is 24.8 Å². The maximum absolute atomic E-state index is 9.97. The molecule has 82 valence electrons. The van der Waals surface area contributed by atoms with Gasteiger partial charge in [-0.15, -0.1) is 0 Å². The Morgan fingerprint density at radius 3 is 3.07 bits per heavy atom. The Kier molecular flexibility index (Phi) is 3.14. The number of benzene rings is 1. The van der Waals surface area contributed by atoms with E-state index < -0.39 is 6.10 Å². The molecule has 0 aromatic heterocycles. The molecule has 0 saturated carbocycles. The minimum atomic E-state index is -0.489. The molecule has 2 rings (SSSR count). The lowest BCUT2D eigenvalue weighted by molar-refractivity contribution is 0.153. The number of ether oxygens (including phenoxy) is 1. The molecule has 1 aliphatic heterocycles. The molecule has 0 unspecified atom stereocenters. The largest absolute Gasteiger partial charge is 0.492 e. The third-order valence-corrected chi connectivity index (χ3v) is 2.93. The number of aliphatic hydroxyl groups excluding tert-OH is 1. The molecule has 0 fully saturated rings. The molecule has 0 amide bonds. The van der Waals surface area contributed by atoms with E-state index in [4.69, 9.17) is 16.3 Å². The standard InChI is InChI=1S/C11H14ClNO2/c1-13-8-5-10(14)9-3-2-7(12)4-11(9)15-6-8/h2-4,8,10,13-14H,5-6H2,1H3/t8-,10-/m1/s1. The Balaban J connectivity index is 2.30. The van der Waals surface area contributed by atoms with Crippen LogP contribution in [-0.2, 0) is 0 Å². The lowest BCUT2D eigenvalue weighted by Gasteiger charge is -2.14. The molecule has 2 N–H and O–H groups in total. The normalized spacial score (nSPS) is 25.3. The van der Waals surface area contributed by atoms with Crippen LogP contribution in [0.5, 0.6) is 5.75 Å². The number of likely N-dealkylation sites (N-methyl/N-ethyl adjacent to an activating group) is 1. The lowest BCUT2D eigenvalue weighted by atomic mass is 10.0. The van der Waals surface area contributed by atoms with Gasteiger partial charge >= 0.3 is 0 Å². The zero-order chi connectivity index (χ0) is 10.8. The first-order valence-electron chi connectivity index (χ1n) is 4.98. The highest BCUT2D eigenvalue weighted by atomic mass is 35.5. The van der Waals surface area contributed by atoms with Crippen LogP contribution in [0.15, 0.2) is 18.2 Å². The van der Waals surface area contributed by atoms with Gasteiger partial charge in [-0.1, -0.05) is 17.7 Å². The number of halogens is 1. The van der Waals surface area contributed by atoms with Crippen LogP contribution in [0.3, 0.4) is 0 Å². The minimum Gasteiger partial charge on any atom is -0.492 e. The Bertz CT molecular complexity index is 356. The van der Waals surface area contributed by atoms with Crippen molar-refractivity contribution in [3.63, 3.8) is 0 Å². The molecule has 4 heteroatoms. The molecule has 15 heavy (non-hydrogen) atoms. The van der Waals surface area contributed by atoms with Crippen molar-refractivity contribution in [1.29, 1.82) is 0 Å². The lowest BCUT2D eigenvalue weighted by Crippen LogP contribution is -2.31. The van der Waals surface area contributed by atoms with E-state index in [1.807, 2.05) is 13.1 Å². The summed E-state index contributed by atoms with van der Waals surface area (Å²) < 4.78 is 5.60. The van der Waals surface area contributed by atoms with Crippen molar-refractivity contribution in [2.45, 2.75) is 18.6 Å². The fourth-order valence-electron chi connectivity index (χ4n) is 1.76. The molecule has 1 aliphatic rings. The first-order valence-corrected chi connectivity index (χ1v) is 5.36. The van der Waals surface area contributed by atoms with Gasteiger partial charge in [0.05, 0.1) is 6.10 Å². The van der Waals surface area contributed by atoms with Crippen molar-refractivity contribution in [3.8, 4) is 5.75 Å². The third kappa shape index (κ3) is 2.25. The number of hydrogen-bond acceptors (Lipinski definition) is 3. The van der Waals surface area contributed by atoms with Crippen LogP contribution in [0.25, 0.3) is 0 Å². The zero-order valence-electron chi connectivity index (χ0n) is 8.53. The van der Waals surface area contributed by atoms with Gasteiger partial charge in [0.1, 0.15) is 12.4 Å². The smallest absolute Gasteiger partial charge is 0.126 e. The number of hydrogen-bond donors (Lipinski definition) is 2. The number of nitrogens with one attached hydrogen (secondary N) is 1. The zero-order valence-corrected chi connectivity index (χ0v) is 9.29. The summed E-state index contributed by atoms with van der Waals surface area (Å²) >= 11 is 5.87. The topological polar surface area (TPSA) is 41.5 Å². The Morgan fingerprint density at radius 1 is 1.53 bits per heavy atom. The predicted octanol–water partition coefficient (Wildman–Crippen LogP) is 1.74. The molecular formula is C11H14ClNO2. The second-order valence-corrected chi connectivity index (χ2v) is 4.17. The van der Waals surface area contributed by atoms with Crippen molar-refractivity contribution in [1.82, 2.24) is 5.32 Å². The summed E-state index contributed by atoms with van der Waals surface area (Å²) in [6, 6.07) is 5.51. The van der Waals surface area contributed by atoms with Gasteiger partial charge in [-0.2, -0.15) is 0 Å². The van der Waals surface area contributed by atoms with Crippen molar-refractivity contribution >= 4 is 11.6 Å². The highest BCUT2D eigenvalue weighted by Gasteiger charge is 2.23. The summed E-state index contributed by atoms with van der Waals surface area (Å²) in [4.78, 5) is 0. The van der Waals surface area contributed by atoms with Crippen molar-refractivity contribution in [3.05, 3.63) is 28.8 Å². The van der Waals surface area contributed by atoms with E-state index in [0.717, 1.165) is 5.56 Å². The van der Waals surface area contributed by atoms with Crippen LogP contribution in [0, 0.1) is 0 Å². The molecule has 1 aromatic carbocycles. The summed E-state index contributed by atoms with van der Waals surface area (Å²) in [5.74, 6) is 0.688. The summed E-state index contributed by atoms with van der Waals surface area (Å²) in [6.07, 6.45) is 0.169. The molecule has 1 heterocycles. The predicted molar refractivity (Wildman–Crippen MR) is 59.4 cm³/mol. The molecule has 0 spiro atoms. The molecule has 0 bridgehead atoms. The van der Waals surface area contributed by atoms with E-state index in [2.05, 4.69) is 5.32 Å². The third-order valence-electron chi connectivity index (χ3n) is 2.69. The summed E-state index contributed by atoms with van der Waals surface area (Å²) in [7, 11) is 1.86. The first kappa shape index (κ1) is 10.7. The van der Waals surface area contributed by atoms with Crippen LogP contribution in [0.2, 0.25) is 5.02 Å². The van der Waals surface area contributed by atoms with Gasteiger partial charge in [0, 0.05) is 16.6 Å². The molecule has 0 radical (unpaired) electrons. The summed E-state index contributed by atoms with van der Waals surface area (Å²) in [6.45, 7) is 0.556. The Hall–Kier alpha value is -0.770. The highest BCUT2D eigenvalue weighted by Crippen LogP contribution is 2.33. The maximum Gasteiger partial charge on any atom is 0.126 e. The molecular weight excluding hydrogens is 214 g/mol. The van der Waals surface area contributed by atoms with Gasteiger partial charge in [-0.25, -0.2) is 0 Å². The van der Waals surface area contributed by atoms with Crippen LogP contribution in [0.1, 0.15) is 18.1 Å². The van der Waals surface area contributed by atoms with E-state index in [1.165, 1.54) is 0 Å². The Morgan fingerprint density at radius 2 is 2.33 bits per heavy atom. The quantitative estimate of drug-likeness (QED) is 0.768. The average molecular weight is 228 g/mol. The van der Waals surface area contributed by atoms with Gasteiger partial charge in [0.25, 0.3) is 0 Å². The summed E-state index contributed by atoms with van der Waals surface area (Å²) in [5, 5.41) is 13.7. The van der Waals surface area contributed by atoms with E-state index >= 15 is 0 Å². The first-order chi connectivity index (χ1) is 7.20. The number of fused-ring (bicyclic) bond motifs is 1. The van der Waals surface area contributed by atoms with Gasteiger partial charge < -0.3 is 15.2 Å². The fraction of sp³-hybridized carbons (Fsp3) is 0.455. The van der Waals surface area contributed by atoms with Crippen LogP contribution >= 0.6 is 11.6 Å². The molecule has 0 aliphatic carbocycles. The van der Waals surface area contributed by atoms with Crippen LogP contribution < -0.4 is 10.1 Å². The fourth-order valence-corrected chi connectivity index (χ4v) is 1.93. The summed E-state index contributed by atoms with van der Waals surface area (Å²) in [5.41, 5.74) is 0.817. The molecule has 1 aromatic rings. The second kappa shape index (κ2) is 4.39. The Labute approximate surface area is 94.0 Å². The van der Waals surface area contributed by atoms with Crippen molar-refractivity contribution in [2.24, 2.45) is 0 Å². The molecule has 0 saturated heterocycles. The van der Waals surface area contributed by atoms with Crippen molar-refractivity contribution < 1.29 is 9.84 Å². The van der Waals surface area contributed by atoms with Gasteiger partial charge in [0.15, 0.2) is 0 Å². The number of rotatable bonds is 1. The van der Waals surface area contributed by atoms with E-state index in [1.54, 1.807) is 12.1 Å². The van der Waals surface area contributed by atoms with Crippen molar-refractivity contribution in [2.75, 3.05) is 13.7 Å². The molecule has 2 atom stereocenters. The minimum absolute atomic E-state index is 0.172. The highest BCUT2D eigenvalue weighted by molar-refractivity contribution is 6.30. The maximum atomic E-state index is 9.97. The molecule has 3 nitrogen and oxygen atoms in total. The van der Waals surface area contributed by atoms with E-state index in [9.17, 15) is 5.11 Å². The second-order valence-electron chi connectivity index (χ2n) is 3.73. The SMILES string of the molecule is CN[C@H]1COc2cc(Cl)ccc2[C@H](O)C1. The van der Waals surface area contributed by atoms with E-state index in [-0.39, 0.29) is 6.04 Å². The van der Waals surface area contributed by atoms with Gasteiger partial charge in [-0.3, -0.25) is 0 Å². The number of aliphatic hydroxyl groups is 1. The van der Waals surface area contributed by atoms with Crippen LogP contribution in [0.4, 0.5) is 0 Å².